The number of nitrogens with one attached hydrogen (secondary N) is 1. The van der Waals surface area contributed by atoms with Crippen LogP contribution in [0.1, 0.15) is 64.7 Å². The van der Waals surface area contributed by atoms with E-state index in [0.29, 0.717) is 6.54 Å². The number of piperidine rings is 2. The first kappa shape index (κ1) is 20.6. The van der Waals surface area contributed by atoms with Gasteiger partial charge in [0.15, 0.2) is 0 Å². The molecule has 1 atom stereocenters. The lowest BCUT2D eigenvalue weighted by Gasteiger charge is -2.44. The molecule has 1 saturated carbocycles. The molecular weight excluding hydrogens is 340 g/mol. The first-order chi connectivity index (χ1) is 13.0. The lowest BCUT2D eigenvalue weighted by Crippen LogP contribution is -2.59. The van der Waals surface area contributed by atoms with E-state index in [1.807, 2.05) is 4.90 Å². The molecule has 27 heavy (non-hydrogen) atoms. The lowest BCUT2D eigenvalue weighted by molar-refractivity contribution is -0.130. The van der Waals surface area contributed by atoms with Crippen LogP contribution in [0.3, 0.4) is 0 Å². The number of hydrogen-bond donors (Lipinski definition) is 2. The van der Waals surface area contributed by atoms with E-state index in [2.05, 4.69) is 17.1 Å². The second kappa shape index (κ2) is 9.37. The molecule has 0 bridgehead atoms. The highest BCUT2D eigenvalue weighted by atomic mass is 16.2. The van der Waals surface area contributed by atoms with Crippen molar-refractivity contribution in [2.75, 3.05) is 39.3 Å². The number of primary amides is 1. The lowest BCUT2D eigenvalue weighted by atomic mass is 9.80. The van der Waals surface area contributed by atoms with Crippen molar-refractivity contribution in [3.05, 3.63) is 0 Å². The van der Waals surface area contributed by atoms with Gasteiger partial charge in [-0.2, -0.15) is 0 Å². The summed E-state index contributed by atoms with van der Waals surface area (Å²) in [7, 11) is 0. The molecule has 6 nitrogen and oxygen atoms in total. The number of nitrogens with two attached hydrogens (primary N) is 1. The van der Waals surface area contributed by atoms with Crippen molar-refractivity contribution in [1.29, 1.82) is 0 Å². The summed E-state index contributed by atoms with van der Waals surface area (Å²) < 4.78 is 0. The maximum absolute atomic E-state index is 13.1. The topological polar surface area (TPSA) is 78.7 Å². The van der Waals surface area contributed by atoms with Gasteiger partial charge < -0.3 is 16.0 Å². The Kier molecular flexibility index (Phi) is 7.15. The Morgan fingerprint density at radius 2 is 1.70 bits per heavy atom. The van der Waals surface area contributed by atoms with E-state index in [9.17, 15) is 9.59 Å². The molecule has 6 heteroatoms. The van der Waals surface area contributed by atoms with Crippen molar-refractivity contribution in [3.63, 3.8) is 0 Å². The Morgan fingerprint density at radius 3 is 2.37 bits per heavy atom. The third-order valence-electron chi connectivity index (χ3n) is 6.86. The molecule has 0 aromatic carbocycles. The van der Waals surface area contributed by atoms with Crippen LogP contribution in [0.15, 0.2) is 0 Å². The van der Waals surface area contributed by atoms with Crippen molar-refractivity contribution < 1.29 is 9.59 Å². The Balaban J connectivity index is 1.59. The fourth-order valence-electron chi connectivity index (χ4n) is 5.20. The van der Waals surface area contributed by atoms with E-state index in [-0.39, 0.29) is 29.8 Å². The molecule has 3 rings (SSSR count). The third-order valence-corrected chi connectivity index (χ3v) is 6.86. The van der Waals surface area contributed by atoms with Crippen LogP contribution in [0.2, 0.25) is 0 Å². The van der Waals surface area contributed by atoms with Gasteiger partial charge in [-0.1, -0.05) is 26.2 Å². The minimum absolute atomic E-state index is 0.0155. The summed E-state index contributed by atoms with van der Waals surface area (Å²) in [5.41, 5.74) is 5.29. The molecule has 1 aliphatic carbocycles. The number of likely N-dealkylation sites (tertiary alicyclic amines) is 2. The Hall–Kier alpha value is -1.14. The molecule has 1 unspecified atom stereocenters. The Bertz CT molecular complexity index is 510. The predicted molar refractivity (Wildman–Crippen MR) is 107 cm³/mol. The van der Waals surface area contributed by atoms with Gasteiger partial charge in [0.05, 0.1) is 18.0 Å². The van der Waals surface area contributed by atoms with Crippen molar-refractivity contribution in [1.82, 2.24) is 15.1 Å². The fourth-order valence-corrected chi connectivity index (χ4v) is 5.20. The molecule has 0 spiro atoms. The SMILES string of the molecule is CC1CCN(CC2(NC(=O)C3CCCN(CC(N)=O)C3)CCCCC2)CC1. The zero-order valence-corrected chi connectivity index (χ0v) is 17.0. The van der Waals surface area contributed by atoms with E-state index >= 15 is 0 Å². The van der Waals surface area contributed by atoms with Crippen molar-refractivity contribution in [2.45, 2.75) is 70.3 Å². The molecule has 2 saturated heterocycles. The van der Waals surface area contributed by atoms with E-state index in [1.165, 1.54) is 32.1 Å². The standard InChI is InChI=1S/C21H38N4O2/c1-17-7-12-24(13-8-17)16-21(9-3-2-4-10-21)23-20(27)18-6-5-11-25(14-18)15-19(22)26/h17-18H,2-16H2,1H3,(H2,22,26)(H,23,27). The molecule has 0 radical (unpaired) electrons. The highest BCUT2D eigenvalue weighted by molar-refractivity contribution is 5.80. The van der Waals surface area contributed by atoms with Gasteiger partial charge in [0.2, 0.25) is 11.8 Å². The second-order valence-electron chi connectivity index (χ2n) is 9.33. The van der Waals surface area contributed by atoms with Crippen LogP contribution in [0, 0.1) is 11.8 Å². The molecule has 3 fully saturated rings. The molecular formula is C21H38N4O2. The van der Waals surface area contributed by atoms with Crippen LogP contribution >= 0.6 is 0 Å². The van der Waals surface area contributed by atoms with Gasteiger partial charge in [-0.05, 0) is 64.1 Å². The van der Waals surface area contributed by atoms with E-state index in [1.54, 1.807) is 0 Å². The summed E-state index contributed by atoms with van der Waals surface area (Å²) in [6.45, 7) is 7.46. The average Bonchev–Trinajstić information content (AvgIpc) is 2.64. The Labute approximate surface area is 164 Å². The average molecular weight is 379 g/mol. The zero-order chi connectivity index (χ0) is 19.3. The fraction of sp³-hybridized carbons (Fsp3) is 0.905. The summed E-state index contributed by atoms with van der Waals surface area (Å²) >= 11 is 0. The van der Waals surface area contributed by atoms with Crippen LogP contribution < -0.4 is 11.1 Å². The summed E-state index contributed by atoms with van der Waals surface area (Å²) in [4.78, 5) is 29.0. The van der Waals surface area contributed by atoms with Crippen LogP contribution in [0.5, 0.6) is 0 Å². The summed E-state index contributed by atoms with van der Waals surface area (Å²) in [6.07, 6.45) is 10.3. The minimum atomic E-state index is -0.306. The van der Waals surface area contributed by atoms with E-state index in [0.717, 1.165) is 57.8 Å². The van der Waals surface area contributed by atoms with Crippen LogP contribution in [0.4, 0.5) is 0 Å². The van der Waals surface area contributed by atoms with Crippen molar-refractivity contribution in [2.24, 2.45) is 17.6 Å². The maximum atomic E-state index is 13.1. The molecule has 2 heterocycles. The third kappa shape index (κ3) is 5.92. The number of nitrogens with zero attached hydrogens (tertiary/aromatic N) is 2. The quantitative estimate of drug-likeness (QED) is 0.738. The van der Waals surface area contributed by atoms with Gasteiger partial charge in [-0.15, -0.1) is 0 Å². The second-order valence-corrected chi connectivity index (χ2v) is 9.33. The van der Waals surface area contributed by atoms with Crippen LogP contribution in [-0.4, -0.2) is 66.4 Å². The van der Waals surface area contributed by atoms with Crippen molar-refractivity contribution in [3.8, 4) is 0 Å². The van der Waals surface area contributed by atoms with Gasteiger partial charge in [0, 0.05) is 13.1 Å². The van der Waals surface area contributed by atoms with Gasteiger partial charge in [-0.3, -0.25) is 14.5 Å². The molecule has 154 valence electrons. The molecule has 2 amide bonds. The number of hydrogen-bond acceptors (Lipinski definition) is 4. The van der Waals surface area contributed by atoms with E-state index in [4.69, 9.17) is 5.73 Å². The van der Waals surface area contributed by atoms with Crippen LogP contribution in [0.25, 0.3) is 0 Å². The van der Waals surface area contributed by atoms with Gasteiger partial charge in [-0.25, -0.2) is 0 Å². The largest absolute Gasteiger partial charge is 0.369 e. The molecule has 3 N–H and O–H groups in total. The van der Waals surface area contributed by atoms with Crippen molar-refractivity contribution >= 4 is 11.8 Å². The normalized spacial score (nSPS) is 28.0. The summed E-state index contributed by atoms with van der Waals surface area (Å²) in [5.74, 6) is 0.700. The highest BCUT2D eigenvalue weighted by Crippen LogP contribution is 2.31. The maximum Gasteiger partial charge on any atom is 0.231 e. The molecule has 0 aromatic rings. The minimum Gasteiger partial charge on any atom is -0.369 e. The number of carbonyl (C=O) groups is 2. The van der Waals surface area contributed by atoms with Gasteiger partial charge in [0.25, 0.3) is 0 Å². The first-order valence-electron chi connectivity index (χ1n) is 11.0. The molecule has 0 aromatic heterocycles. The summed E-state index contributed by atoms with van der Waals surface area (Å²) in [5, 5.41) is 3.51. The monoisotopic (exact) mass is 378 g/mol. The van der Waals surface area contributed by atoms with Crippen LogP contribution in [-0.2, 0) is 9.59 Å². The zero-order valence-electron chi connectivity index (χ0n) is 17.0. The number of rotatable bonds is 6. The predicted octanol–water partition coefficient (Wildman–Crippen LogP) is 1.73. The smallest absolute Gasteiger partial charge is 0.231 e. The number of amides is 2. The Morgan fingerprint density at radius 1 is 1.00 bits per heavy atom. The summed E-state index contributed by atoms with van der Waals surface area (Å²) in [6, 6.07) is 0. The number of carbonyl (C=O) groups excluding carboxylic acids is 2. The highest BCUT2D eigenvalue weighted by Gasteiger charge is 2.38. The first-order valence-corrected chi connectivity index (χ1v) is 11.0. The molecule has 3 aliphatic rings. The van der Waals surface area contributed by atoms with E-state index < -0.39 is 0 Å². The molecule has 2 aliphatic heterocycles. The van der Waals surface area contributed by atoms with Gasteiger partial charge in [0.1, 0.15) is 0 Å². The van der Waals surface area contributed by atoms with Gasteiger partial charge >= 0.3 is 0 Å².